The molecule has 1 N–H and O–H groups in total. The number of benzene rings is 1. The van der Waals surface area contributed by atoms with E-state index < -0.39 is 38.7 Å². The van der Waals surface area contributed by atoms with E-state index in [-0.39, 0.29) is 6.54 Å². The van der Waals surface area contributed by atoms with Gasteiger partial charge in [0.2, 0.25) is 10.0 Å². The summed E-state index contributed by atoms with van der Waals surface area (Å²) in [6.45, 7) is 1.36. The van der Waals surface area contributed by atoms with Gasteiger partial charge in [-0.1, -0.05) is 19.8 Å². The van der Waals surface area contributed by atoms with Crippen LogP contribution in [0.25, 0.3) is 0 Å². The van der Waals surface area contributed by atoms with Crippen LogP contribution in [0.15, 0.2) is 17.0 Å². The topological polar surface area (TPSA) is 57.6 Å². The van der Waals surface area contributed by atoms with Gasteiger partial charge in [-0.05, 0) is 18.6 Å². The van der Waals surface area contributed by atoms with Gasteiger partial charge in [0, 0.05) is 13.6 Å². The molecule has 114 valence electrons. The summed E-state index contributed by atoms with van der Waals surface area (Å²) in [6, 6.07) is 1.73. The molecule has 1 aromatic carbocycles. The average Bonchev–Trinajstić information content (AvgIpc) is 2.39. The van der Waals surface area contributed by atoms with Crippen molar-refractivity contribution < 1.29 is 22.3 Å². The van der Waals surface area contributed by atoms with Gasteiger partial charge in [-0.3, -0.25) is 0 Å². The number of sulfonamides is 1. The molecule has 0 aliphatic rings. The second kappa shape index (κ2) is 7.10. The van der Waals surface area contributed by atoms with Crippen molar-refractivity contribution >= 4 is 10.0 Å². The molecule has 0 saturated heterocycles. The zero-order chi connectivity index (χ0) is 15.3. The molecule has 0 bridgehead atoms. The summed E-state index contributed by atoms with van der Waals surface area (Å²) >= 11 is 0. The van der Waals surface area contributed by atoms with Crippen LogP contribution in [0.4, 0.5) is 8.78 Å². The molecule has 0 saturated carbocycles. The molecule has 4 nitrogen and oxygen atoms in total. The van der Waals surface area contributed by atoms with Crippen molar-refractivity contribution in [3.63, 3.8) is 0 Å². The molecule has 0 atom stereocenters. The van der Waals surface area contributed by atoms with E-state index >= 15 is 0 Å². The third kappa shape index (κ3) is 3.53. The van der Waals surface area contributed by atoms with E-state index in [0.29, 0.717) is 6.42 Å². The predicted molar refractivity (Wildman–Crippen MR) is 71.6 cm³/mol. The van der Waals surface area contributed by atoms with Gasteiger partial charge < -0.3 is 5.11 Å². The van der Waals surface area contributed by atoms with Crippen molar-refractivity contribution in [2.45, 2.75) is 37.7 Å². The third-order valence-corrected chi connectivity index (χ3v) is 4.95. The summed E-state index contributed by atoms with van der Waals surface area (Å²) in [5, 5.41) is 8.91. The maximum Gasteiger partial charge on any atom is 0.245 e. The smallest absolute Gasteiger partial charge is 0.245 e. The van der Waals surface area contributed by atoms with E-state index in [9.17, 15) is 17.2 Å². The molecular weight excluding hydrogens is 288 g/mol. The minimum atomic E-state index is -4.02. The Morgan fingerprint density at radius 3 is 2.45 bits per heavy atom. The van der Waals surface area contributed by atoms with E-state index in [4.69, 9.17) is 5.11 Å². The summed E-state index contributed by atoms with van der Waals surface area (Å²) < 4.78 is 52.7. The number of halogens is 2. The second-order valence-corrected chi connectivity index (χ2v) is 6.54. The lowest BCUT2D eigenvalue weighted by atomic mass is 10.2. The van der Waals surface area contributed by atoms with Crippen molar-refractivity contribution in [3.05, 3.63) is 29.3 Å². The first-order valence-electron chi connectivity index (χ1n) is 6.40. The van der Waals surface area contributed by atoms with Gasteiger partial charge in [0.1, 0.15) is 10.7 Å². The molecule has 20 heavy (non-hydrogen) atoms. The standard InChI is InChI=1S/C13H19F2NO3S/c1-3-4-5-8-16(2)20(18,19)12-7-6-11(14)10(9-17)13(12)15/h6-7,17H,3-5,8-9H2,1-2H3. The first-order chi connectivity index (χ1) is 9.36. The highest BCUT2D eigenvalue weighted by atomic mass is 32.2. The fourth-order valence-corrected chi connectivity index (χ4v) is 3.09. The summed E-state index contributed by atoms with van der Waals surface area (Å²) in [7, 11) is -2.67. The summed E-state index contributed by atoms with van der Waals surface area (Å²) in [6.07, 6.45) is 2.48. The van der Waals surface area contributed by atoms with Crippen molar-refractivity contribution in [2.75, 3.05) is 13.6 Å². The van der Waals surface area contributed by atoms with Crippen molar-refractivity contribution in [1.82, 2.24) is 4.31 Å². The molecule has 0 amide bonds. The Kier molecular flexibility index (Phi) is 6.04. The van der Waals surface area contributed by atoms with Gasteiger partial charge >= 0.3 is 0 Å². The van der Waals surface area contributed by atoms with Gasteiger partial charge in [0.15, 0.2) is 5.82 Å². The molecule has 0 aromatic heterocycles. The van der Waals surface area contributed by atoms with Crippen molar-refractivity contribution in [1.29, 1.82) is 0 Å². The number of hydrogen-bond acceptors (Lipinski definition) is 3. The largest absolute Gasteiger partial charge is 0.391 e. The Hall–Kier alpha value is -1.05. The molecule has 0 unspecified atom stereocenters. The SMILES string of the molecule is CCCCCN(C)S(=O)(=O)c1ccc(F)c(CO)c1F. The van der Waals surface area contributed by atoms with Gasteiger partial charge in [0.25, 0.3) is 0 Å². The van der Waals surface area contributed by atoms with Crippen molar-refractivity contribution in [3.8, 4) is 0 Å². The van der Waals surface area contributed by atoms with Crippen LogP contribution in [0.1, 0.15) is 31.7 Å². The molecule has 0 spiro atoms. The van der Waals surface area contributed by atoms with E-state index in [1.54, 1.807) is 0 Å². The number of aliphatic hydroxyl groups is 1. The zero-order valence-electron chi connectivity index (χ0n) is 11.6. The van der Waals surface area contributed by atoms with Crippen LogP contribution >= 0.6 is 0 Å². The summed E-state index contributed by atoms with van der Waals surface area (Å²) in [4.78, 5) is -0.609. The normalized spacial score (nSPS) is 12.1. The van der Waals surface area contributed by atoms with Crippen LogP contribution in [0.5, 0.6) is 0 Å². The molecule has 0 aliphatic heterocycles. The lowest BCUT2D eigenvalue weighted by molar-refractivity contribution is 0.267. The fraction of sp³-hybridized carbons (Fsp3) is 0.538. The highest BCUT2D eigenvalue weighted by Gasteiger charge is 2.26. The molecule has 0 aliphatic carbocycles. The van der Waals surface area contributed by atoms with E-state index in [1.807, 2.05) is 6.92 Å². The van der Waals surface area contributed by atoms with E-state index in [1.165, 1.54) is 7.05 Å². The van der Waals surface area contributed by atoms with Gasteiger partial charge in [-0.25, -0.2) is 21.5 Å². The predicted octanol–water partition coefficient (Wildman–Crippen LogP) is 2.27. The maximum absolute atomic E-state index is 14.0. The average molecular weight is 307 g/mol. The summed E-state index contributed by atoms with van der Waals surface area (Å²) in [5.41, 5.74) is -0.631. The van der Waals surface area contributed by atoms with Crippen LogP contribution < -0.4 is 0 Å². The summed E-state index contributed by atoms with van der Waals surface area (Å²) in [5.74, 6) is -2.19. The van der Waals surface area contributed by atoms with E-state index in [0.717, 1.165) is 29.3 Å². The Morgan fingerprint density at radius 1 is 1.25 bits per heavy atom. The maximum atomic E-state index is 14.0. The first-order valence-corrected chi connectivity index (χ1v) is 7.84. The third-order valence-electron chi connectivity index (χ3n) is 3.07. The van der Waals surface area contributed by atoms with Crippen LogP contribution in [-0.2, 0) is 16.6 Å². The zero-order valence-corrected chi connectivity index (χ0v) is 12.4. The van der Waals surface area contributed by atoms with Gasteiger partial charge in [0.05, 0.1) is 12.2 Å². The highest BCUT2D eigenvalue weighted by Crippen LogP contribution is 2.23. The Balaban J connectivity index is 3.10. The lowest BCUT2D eigenvalue weighted by Gasteiger charge is -2.18. The molecule has 0 fully saturated rings. The van der Waals surface area contributed by atoms with Crippen molar-refractivity contribution in [2.24, 2.45) is 0 Å². The minimum Gasteiger partial charge on any atom is -0.391 e. The monoisotopic (exact) mass is 307 g/mol. The number of hydrogen-bond donors (Lipinski definition) is 1. The fourth-order valence-electron chi connectivity index (χ4n) is 1.79. The Bertz CT molecular complexity index is 561. The second-order valence-electron chi connectivity index (χ2n) is 4.53. The molecule has 1 aromatic rings. The number of unbranched alkanes of at least 4 members (excludes halogenated alkanes) is 2. The van der Waals surface area contributed by atoms with Crippen LogP contribution in [-0.4, -0.2) is 31.4 Å². The number of rotatable bonds is 7. The lowest BCUT2D eigenvalue weighted by Crippen LogP contribution is -2.29. The molecular formula is C13H19F2NO3S. The minimum absolute atomic E-state index is 0.265. The Labute approximate surface area is 118 Å². The van der Waals surface area contributed by atoms with E-state index in [2.05, 4.69) is 0 Å². The van der Waals surface area contributed by atoms with Gasteiger partial charge in [-0.2, -0.15) is 0 Å². The first kappa shape index (κ1) is 17.0. The molecule has 0 radical (unpaired) electrons. The quantitative estimate of drug-likeness (QED) is 0.786. The number of aliphatic hydroxyl groups excluding tert-OH is 1. The number of nitrogens with zero attached hydrogens (tertiary/aromatic N) is 1. The Morgan fingerprint density at radius 2 is 1.90 bits per heavy atom. The molecule has 0 heterocycles. The molecule has 7 heteroatoms. The molecule has 1 rings (SSSR count). The van der Waals surface area contributed by atoms with Crippen LogP contribution in [0.2, 0.25) is 0 Å². The highest BCUT2D eigenvalue weighted by molar-refractivity contribution is 7.89. The van der Waals surface area contributed by atoms with Gasteiger partial charge in [-0.15, -0.1) is 0 Å². The van der Waals surface area contributed by atoms with Crippen LogP contribution in [0, 0.1) is 11.6 Å². The van der Waals surface area contributed by atoms with Crippen LogP contribution in [0.3, 0.4) is 0 Å².